The number of carbonyl (C=O) groups is 1. The van der Waals surface area contributed by atoms with Crippen LogP contribution in [0.25, 0.3) is 0 Å². The summed E-state index contributed by atoms with van der Waals surface area (Å²) in [6.45, 7) is 0. The summed E-state index contributed by atoms with van der Waals surface area (Å²) in [4.78, 5) is 12.3. The number of nitrogens with one attached hydrogen (secondary N) is 1. The summed E-state index contributed by atoms with van der Waals surface area (Å²) in [7, 11) is -2.33. The highest BCUT2D eigenvalue weighted by Crippen LogP contribution is 2.18. The molecule has 0 aliphatic rings. The molecule has 0 bridgehead atoms. The van der Waals surface area contributed by atoms with Crippen molar-refractivity contribution in [2.24, 2.45) is 0 Å². The molecule has 0 fully saturated rings. The maximum absolute atomic E-state index is 12.3. The van der Waals surface area contributed by atoms with Crippen molar-refractivity contribution in [2.45, 2.75) is 4.90 Å². The van der Waals surface area contributed by atoms with E-state index < -0.39 is 10.0 Å². The fourth-order valence-electron chi connectivity index (χ4n) is 1.74. The number of benzene rings is 2. The first-order valence-corrected chi connectivity index (χ1v) is 7.17. The zero-order chi connectivity index (χ0) is 13.9. The highest BCUT2D eigenvalue weighted by atomic mass is 32.2. The minimum absolute atomic E-state index is 0.00801. The summed E-state index contributed by atoms with van der Waals surface area (Å²) < 4.78 is 26.0. The van der Waals surface area contributed by atoms with Crippen molar-refractivity contribution in [2.75, 3.05) is 7.05 Å². The minimum atomic E-state index is -3.65. The molecule has 2 aromatic rings. The fraction of sp³-hybridized carbons (Fsp3) is 0.0714. The Morgan fingerprint density at radius 3 is 2.16 bits per heavy atom. The zero-order valence-corrected chi connectivity index (χ0v) is 11.1. The number of sulfonamides is 1. The molecular formula is C14H13NO3S. The Morgan fingerprint density at radius 1 is 0.947 bits per heavy atom. The highest BCUT2D eigenvalue weighted by molar-refractivity contribution is 7.89. The van der Waals surface area contributed by atoms with Gasteiger partial charge in [0, 0.05) is 11.1 Å². The minimum Gasteiger partial charge on any atom is -0.289 e. The molecule has 19 heavy (non-hydrogen) atoms. The van der Waals surface area contributed by atoms with Gasteiger partial charge < -0.3 is 0 Å². The van der Waals surface area contributed by atoms with Crippen molar-refractivity contribution in [3.05, 3.63) is 65.7 Å². The van der Waals surface area contributed by atoms with E-state index in [1.54, 1.807) is 42.5 Å². The van der Waals surface area contributed by atoms with Crippen LogP contribution < -0.4 is 4.72 Å². The fourth-order valence-corrected chi connectivity index (χ4v) is 2.67. The lowest BCUT2D eigenvalue weighted by molar-refractivity contribution is 0.103. The number of rotatable bonds is 4. The van der Waals surface area contributed by atoms with E-state index in [4.69, 9.17) is 0 Å². The molecule has 0 heterocycles. The van der Waals surface area contributed by atoms with Crippen LogP contribution in [0.2, 0.25) is 0 Å². The molecule has 0 saturated heterocycles. The first kappa shape index (κ1) is 13.5. The van der Waals surface area contributed by atoms with Gasteiger partial charge in [0.1, 0.15) is 0 Å². The molecule has 5 heteroatoms. The van der Waals surface area contributed by atoms with Gasteiger partial charge in [-0.05, 0) is 19.2 Å². The molecule has 0 saturated carbocycles. The molecule has 0 radical (unpaired) electrons. The first-order chi connectivity index (χ1) is 9.06. The standard InChI is InChI=1S/C14H13NO3S/c1-15-19(17,18)13-10-6-5-9-12(13)14(16)11-7-3-2-4-8-11/h2-10,15H,1H3. The van der Waals surface area contributed by atoms with E-state index in [1.165, 1.54) is 19.2 Å². The maximum atomic E-state index is 12.3. The van der Waals surface area contributed by atoms with E-state index in [-0.39, 0.29) is 16.2 Å². The highest BCUT2D eigenvalue weighted by Gasteiger charge is 2.21. The van der Waals surface area contributed by atoms with Gasteiger partial charge in [-0.3, -0.25) is 4.79 Å². The van der Waals surface area contributed by atoms with Crippen molar-refractivity contribution in [3.8, 4) is 0 Å². The van der Waals surface area contributed by atoms with E-state index in [0.717, 1.165) is 0 Å². The molecular weight excluding hydrogens is 262 g/mol. The average molecular weight is 275 g/mol. The van der Waals surface area contributed by atoms with Crippen molar-refractivity contribution in [1.29, 1.82) is 0 Å². The van der Waals surface area contributed by atoms with Crippen LogP contribution in [-0.2, 0) is 10.0 Å². The van der Waals surface area contributed by atoms with Gasteiger partial charge in [-0.1, -0.05) is 42.5 Å². The lowest BCUT2D eigenvalue weighted by Gasteiger charge is -2.08. The van der Waals surface area contributed by atoms with Crippen molar-refractivity contribution in [1.82, 2.24) is 4.72 Å². The molecule has 0 amide bonds. The molecule has 4 nitrogen and oxygen atoms in total. The molecule has 0 aliphatic heterocycles. The summed E-state index contributed by atoms with van der Waals surface area (Å²) in [5.74, 6) is -0.310. The largest absolute Gasteiger partial charge is 0.289 e. The van der Waals surface area contributed by atoms with Crippen molar-refractivity contribution in [3.63, 3.8) is 0 Å². The van der Waals surface area contributed by atoms with Gasteiger partial charge in [0.2, 0.25) is 10.0 Å². The topological polar surface area (TPSA) is 63.2 Å². The molecule has 0 aromatic heterocycles. The van der Waals surface area contributed by atoms with Crippen LogP contribution in [0.1, 0.15) is 15.9 Å². The van der Waals surface area contributed by atoms with Crippen LogP contribution in [0.3, 0.4) is 0 Å². The molecule has 0 aliphatic carbocycles. The van der Waals surface area contributed by atoms with Crippen LogP contribution in [-0.4, -0.2) is 21.2 Å². The summed E-state index contributed by atoms with van der Waals surface area (Å²) in [6.07, 6.45) is 0. The number of hydrogen-bond acceptors (Lipinski definition) is 3. The van der Waals surface area contributed by atoms with E-state index in [1.807, 2.05) is 0 Å². The lowest BCUT2D eigenvalue weighted by atomic mass is 10.0. The van der Waals surface area contributed by atoms with Crippen molar-refractivity contribution >= 4 is 15.8 Å². The third-order valence-corrected chi connectivity index (χ3v) is 4.20. The quantitative estimate of drug-likeness (QED) is 0.866. The predicted octanol–water partition coefficient (Wildman–Crippen LogP) is 1.83. The van der Waals surface area contributed by atoms with Gasteiger partial charge in [-0.15, -0.1) is 0 Å². The average Bonchev–Trinajstić information content (AvgIpc) is 2.47. The second kappa shape index (κ2) is 5.34. The number of hydrogen-bond donors (Lipinski definition) is 1. The maximum Gasteiger partial charge on any atom is 0.241 e. The van der Waals surface area contributed by atoms with Crippen molar-refractivity contribution < 1.29 is 13.2 Å². The lowest BCUT2D eigenvalue weighted by Crippen LogP contribution is -2.21. The van der Waals surface area contributed by atoms with Gasteiger partial charge in [0.05, 0.1) is 4.90 Å². The Kier molecular flexibility index (Phi) is 3.78. The first-order valence-electron chi connectivity index (χ1n) is 5.68. The summed E-state index contributed by atoms with van der Waals surface area (Å²) >= 11 is 0. The van der Waals surface area contributed by atoms with Gasteiger partial charge in [0.15, 0.2) is 5.78 Å². The zero-order valence-electron chi connectivity index (χ0n) is 10.3. The van der Waals surface area contributed by atoms with E-state index in [0.29, 0.717) is 5.56 Å². The SMILES string of the molecule is CNS(=O)(=O)c1ccccc1C(=O)c1ccccc1. The molecule has 1 N–H and O–H groups in total. The molecule has 98 valence electrons. The predicted molar refractivity (Wildman–Crippen MR) is 72.6 cm³/mol. The van der Waals surface area contributed by atoms with Crippen LogP contribution >= 0.6 is 0 Å². The number of ketones is 1. The van der Waals surface area contributed by atoms with Gasteiger partial charge in [0.25, 0.3) is 0 Å². The van der Waals surface area contributed by atoms with E-state index in [9.17, 15) is 13.2 Å². The Morgan fingerprint density at radius 2 is 1.53 bits per heavy atom. The second-order valence-electron chi connectivity index (χ2n) is 3.90. The van der Waals surface area contributed by atoms with E-state index >= 15 is 0 Å². The smallest absolute Gasteiger partial charge is 0.241 e. The van der Waals surface area contributed by atoms with Gasteiger partial charge in [-0.25, -0.2) is 13.1 Å². The normalized spacial score (nSPS) is 11.2. The Bertz CT molecular complexity index is 694. The summed E-state index contributed by atoms with van der Waals surface area (Å²) in [5.41, 5.74) is 0.629. The molecule has 0 unspecified atom stereocenters. The Hall–Kier alpha value is -1.98. The van der Waals surface area contributed by atoms with Crippen LogP contribution in [0, 0.1) is 0 Å². The van der Waals surface area contributed by atoms with Gasteiger partial charge >= 0.3 is 0 Å². The molecule has 2 aromatic carbocycles. The second-order valence-corrected chi connectivity index (χ2v) is 5.75. The molecule has 0 atom stereocenters. The van der Waals surface area contributed by atoms with E-state index in [2.05, 4.69) is 4.72 Å². The van der Waals surface area contributed by atoms with Crippen LogP contribution in [0.15, 0.2) is 59.5 Å². The molecule has 2 rings (SSSR count). The number of carbonyl (C=O) groups excluding carboxylic acids is 1. The van der Waals surface area contributed by atoms with Crippen LogP contribution in [0.5, 0.6) is 0 Å². The van der Waals surface area contributed by atoms with Crippen LogP contribution in [0.4, 0.5) is 0 Å². The third kappa shape index (κ3) is 2.72. The monoisotopic (exact) mass is 275 g/mol. The third-order valence-electron chi connectivity index (χ3n) is 2.73. The Balaban J connectivity index is 2.56. The summed E-state index contributed by atoms with van der Waals surface area (Å²) in [6, 6.07) is 14.8. The molecule has 0 spiro atoms. The summed E-state index contributed by atoms with van der Waals surface area (Å²) in [5, 5.41) is 0. The Labute approximate surface area is 112 Å². The van der Waals surface area contributed by atoms with Gasteiger partial charge in [-0.2, -0.15) is 0 Å².